The number of halogens is 1. The molecule has 0 fully saturated rings. The zero-order valence-electron chi connectivity index (χ0n) is 13.0. The van der Waals surface area contributed by atoms with E-state index in [-0.39, 0.29) is 10.7 Å². The van der Waals surface area contributed by atoms with E-state index < -0.39 is 9.84 Å². The molecule has 0 aliphatic heterocycles. The predicted molar refractivity (Wildman–Crippen MR) is 91.6 cm³/mol. The molecule has 0 spiro atoms. The summed E-state index contributed by atoms with van der Waals surface area (Å²) in [5.41, 5.74) is 1.41. The van der Waals surface area contributed by atoms with Gasteiger partial charge in [0.2, 0.25) is 0 Å². The first kappa shape index (κ1) is 16.7. The second-order valence-corrected chi connectivity index (χ2v) is 7.90. The minimum atomic E-state index is -3.25. The van der Waals surface area contributed by atoms with E-state index in [2.05, 4.69) is 10.1 Å². The second-order valence-electron chi connectivity index (χ2n) is 5.11. The number of rotatable bonds is 4. The number of hydrogen-bond acceptors (Lipinski definition) is 5. The van der Waals surface area contributed by atoms with Crippen molar-refractivity contribution in [2.24, 2.45) is 0 Å². The average Bonchev–Trinajstić information content (AvgIpc) is 2.99. The molecule has 0 unspecified atom stereocenters. The fourth-order valence-electron chi connectivity index (χ4n) is 2.15. The maximum Gasteiger partial charge on any atom is 0.191 e. The van der Waals surface area contributed by atoms with Crippen molar-refractivity contribution < 1.29 is 12.8 Å². The molecule has 3 rings (SSSR count). The molecule has 8 heteroatoms. The van der Waals surface area contributed by atoms with Gasteiger partial charge in [0.25, 0.3) is 0 Å². The Morgan fingerprint density at radius 2 is 1.67 bits per heavy atom. The standard InChI is InChI=1S/C16H14FN3O2S2/c1-23-16-18-15(11-3-5-12(17)6-4-11)19-20(16)13-7-9-14(10-8-13)24(2,21)22/h3-10H,1-2H3. The van der Waals surface area contributed by atoms with Gasteiger partial charge in [-0.2, -0.15) is 0 Å². The van der Waals surface area contributed by atoms with Crippen LogP contribution in [0.5, 0.6) is 0 Å². The lowest BCUT2D eigenvalue weighted by atomic mass is 10.2. The Morgan fingerprint density at radius 1 is 1.04 bits per heavy atom. The van der Waals surface area contributed by atoms with E-state index >= 15 is 0 Å². The van der Waals surface area contributed by atoms with E-state index in [0.29, 0.717) is 22.2 Å². The molecule has 1 heterocycles. The lowest BCUT2D eigenvalue weighted by Crippen LogP contribution is -2.01. The van der Waals surface area contributed by atoms with Crippen LogP contribution in [-0.4, -0.2) is 35.7 Å². The van der Waals surface area contributed by atoms with E-state index in [1.807, 2.05) is 6.26 Å². The van der Waals surface area contributed by atoms with E-state index in [1.165, 1.54) is 36.0 Å². The van der Waals surface area contributed by atoms with Crippen molar-refractivity contribution in [1.82, 2.24) is 14.8 Å². The molecular formula is C16H14FN3O2S2. The third-order valence-electron chi connectivity index (χ3n) is 3.37. The van der Waals surface area contributed by atoms with E-state index in [1.54, 1.807) is 28.9 Å². The smallest absolute Gasteiger partial charge is 0.191 e. The second kappa shape index (κ2) is 6.37. The Kier molecular flexibility index (Phi) is 4.42. The zero-order chi connectivity index (χ0) is 17.3. The van der Waals surface area contributed by atoms with Crippen LogP contribution in [0.15, 0.2) is 58.6 Å². The molecule has 0 atom stereocenters. The normalized spacial score (nSPS) is 11.6. The molecule has 0 N–H and O–H groups in total. The number of aromatic nitrogens is 3. The SMILES string of the molecule is CSc1nc(-c2ccc(F)cc2)nn1-c1ccc(S(C)(=O)=O)cc1. The maximum absolute atomic E-state index is 13.1. The molecular weight excluding hydrogens is 349 g/mol. The molecule has 3 aromatic rings. The van der Waals surface area contributed by atoms with Crippen LogP contribution < -0.4 is 0 Å². The Hall–Kier alpha value is -2.19. The van der Waals surface area contributed by atoms with Gasteiger partial charge in [-0.05, 0) is 54.8 Å². The largest absolute Gasteiger partial charge is 0.224 e. The molecule has 0 saturated heterocycles. The van der Waals surface area contributed by atoms with Crippen molar-refractivity contribution in [1.29, 1.82) is 0 Å². The third-order valence-corrected chi connectivity index (χ3v) is 5.13. The summed E-state index contributed by atoms with van der Waals surface area (Å²) >= 11 is 1.42. The molecule has 0 bridgehead atoms. The molecule has 0 aliphatic carbocycles. The highest BCUT2D eigenvalue weighted by molar-refractivity contribution is 7.98. The minimum absolute atomic E-state index is 0.246. The Bertz CT molecular complexity index is 966. The number of hydrogen-bond donors (Lipinski definition) is 0. The summed E-state index contributed by atoms with van der Waals surface area (Å²) in [6, 6.07) is 12.4. The molecule has 5 nitrogen and oxygen atoms in total. The lowest BCUT2D eigenvalue weighted by Gasteiger charge is -2.04. The first-order valence-corrected chi connectivity index (χ1v) is 10.1. The molecule has 0 saturated carbocycles. The van der Waals surface area contributed by atoms with E-state index in [0.717, 1.165) is 6.26 Å². The Morgan fingerprint density at radius 3 is 2.21 bits per heavy atom. The van der Waals surface area contributed by atoms with Gasteiger partial charge in [0.15, 0.2) is 20.8 Å². The van der Waals surface area contributed by atoms with E-state index in [4.69, 9.17) is 0 Å². The van der Waals surface area contributed by atoms with Gasteiger partial charge in [-0.25, -0.2) is 22.5 Å². The van der Waals surface area contributed by atoms with Crippen LogP contribution in [0.3, 0.4) is 0 Å². The van der Waals surface area contributed by atoms with Gasteiger partial charge in [-0.1, -0.05) is 11.8 Å². The van der Waals surface area contributed by atoms with Crippen LogP contribution in [0.1, 0.15) is 0 Å². The first-order chi connectivity index (χ1) is 11.4. The van der Waals surface area contributed by atoms with Crippen molar-refractivity contribution in [3.05, 3.63) is 54.3 Å². The van der Waals surface area contributed by atoms with Crippen molar-refractivity contribution in [2.45, 2.75) is 10.1 Å². The highest BCUT2D eigenvalue weighted by Crippen LogP contribution is 2.24. The number of sulfone groups is 1. The van der Waals surface area contributed by atoms with Crippen LogP contribution in [0, 0.1) is 5.82 Å². The van der Waals surface area contributed by atoms with Crippen LogP contribution in [0.4, 0.5) is 4.39 Å². The number of thioether (sulfide) groups is 1. The van der Waals surface area contributed by atoms with E-state index in [9.17, 15) is 12.8 Å². The van der Waals surface area contributed by atoms with Gasteiger partial charge in [-0.15, -0.1) is 5.10 Å². The lowest BCUT2D eigenvalue weighted by molar-refractivity contribution is 0.602. The molecule has 24 heavy (non-hydrogen) atoms. The van der Waals surface area contributed by atoms with Gasteiger partial charge in [0.05, 0.1) is 10.6 Å². The van der Waals surface area contributed by atoms with Crippen LogP contribution in [0.2, 0.25) is 0 Å². The fraction of sp³-hybridized carbons (Fsp3) is 0.125. The van der Waals surface area contributed by atoms with Crippen LogP contribution >= 0.6 is 11.8 Å². The summed E-state index contributed by atoms with van der Waals surface area (Å²) in [7, 11) is -3.25. The Labute approximate surface area is 143 Å². The summed E-state index contributed by atoms with van der Waals surface area (Å²) in [4.78, 5) is 4.70. The molecule has 1 aromatic heterocycles. The summed E-state index contributed by atoms with van der Waals surface area (Å²) < 4.78 is 37.8. The van der Waals surface area contributed by atoms with Crippen molar-refractivity contribution in [3.63, 3.8) is 0 Å². The maximum atomic E-state index is 13.1. The van der Waals surface area contributed by atoms with Gasteiger partial charge in [0, 0.05) is 11.8 Å². The highest BCUT2D eigenvalue weighted by atomic mass is 32.2. The molecule has 0 aliphatic rings. The third kappa shape index (κ3) is 3.34. The summed E-state index contributed by atoms with van der Waals surface area (Å²) in [5.74, 6) is 0.158. The summed E-state index contributed by atoms with van der Waals surface area (Å²) in [5, 5.41) is 5.11. The van der Waals surface area contributed by atoms with Crippen molar-refractivity contribution >= 4 is 21.6 Å². The molecule has 0 radical (unpaired) electrons. The molecule has 0 amide bonds. The Balaban J connectivity index is 2.03. The summed E-state index contributed by atoms with van der Waals surface area (Å²) in [6.07, 6.45) is 3.04. The van der Waals surface area contributed by atoms with Gasteiger partial charge < -0.3 is 0 Å². The zero-order valence-corrected chi connectivity index (χ0v) is 14.6. The van der Waals surface area contributed by atoms with Crippen molar-refractivity contribution in [2.75, 3.05) is 12.5 Å². The molecule has 2 aromatic carbocycles. The van der Waals surface area contributed by atoms with Crippen LogP contribution in [0.25, 0.3) is 17.1 Å². The highest BCUT2D eigenvalue weighted by Gasteiger charge is 2.14. The monoisotopic (exact) mass is 363 g/mol. The minimum Gasteiger partial charge on any atom is -0.224 e. The van der Waals surface area contributed by atoms with Crippen molar-refractivity contribution in [3.8, 4) is 17.1 Å². The first-order valence-electron chi connectivity index (χ1n) is 6.96. The molecule has 124 valence electrons. The van der Waals surface area contributed by atoms with Crippen LogP contribution in [-0.2, 0) is 9.84 Å². The predicted octanol–water partition coefficient (Wildman–Crippen LogP) is 3.20. The quantitative estimate of drug-likeness (QED) is 0.666. The van der Waals surface area contributed by atoms with Gasteiger partial charge in [0.1, 0.15) is 5.82 Å². The summed E-state index contributed by atoms with van der Waals surface area (Å²) in [6.45, 7) is 0. The average molecular weight is 363 g/mol. The topological polar surface area (TPSA) is 64.8 Å². The number of benzene rings is 2. The fourth-order valence-corrected chi connectivity index (χ4v) is 3.28. The van der Waals surface area contributed by atoms with Gasteiger partial charge >= 0.3 is 0 Å². The number of nitrogens with zero attached hydrogens (tertiary/aromatic N) is 3. The van der Waals surface area contributed by atoms with Gasteiger partial charge in [-0.3, -0.25) is 0 Å².